The quantitative estimate of drug-likeness (QED) is 0.660. The molecule has 3 aromatic rings. The lowest BCUT2D eigenvalue weighted by atomic mass is 10.2. The van der Waals surface area contributed by atoms with Crippen molar-refractivity contribution in [2.24, 2.45) is 0 Å². The van der Waals surface area contributed by atoms with Gasteiger partial charge in [0.15, 0.2) is 5.82 Å². The summed E-state index contributed by atoms with van der Waals surface area (Å²) in [7, 11) is 0. The van der Waals surface area contributed by atoms with E-state index >= 15 is 0 Å². The number of aromatic nitrogens is 2. The molecule has 2 aromatic heterocycles. The molecule has 21 heavy (non-hydrogen) atoms. The number of thiophene rings is 1. The minimum absolute atomic E-state index is 0.316. The second-order valence-corrected chi connectivity index (χ2v) is 7.18. The summed E-state index contributed by atoms with van der Waals surface area (Å²) in [6.07, 6.45) is 0. The summed E-state index contributed by atoms with van der Waals surface area (Å²) >= 11 is 3.90. The van der Waals surface area contributed by atoms with Crippen molar-refractivity contribution >= 4 is 50.0 Å². The normalized spacial score (nSPS) is 11.0. The van der Waals surface area contributed by atoms with Crippen molar-refractivity contribution in [3.63, 3.8) is 0 Å². The fraction of sp³-hybridized carbons (Fsp3) is 0.200. The van der Waals surface area contributed by atoms with Gasteiger partial charge in [-0.3, -0.25) is 0 Å². The van der Waals surface area contributed by atoms with Gasteiger partial charge in [0.25, 0.3) is 0 Å². The monoisotopic (exact) mass is 411 g/mol. The van der Waals surface area contributed by atoms with E-state index in [0.717, 1.165) is 25.1 Å². The number of halogens is 1. The zero-order valence-electron chi connectivity index (χ0n) is 11.7. The second-order valence-electron chi connectivity index (χ2n) is 4.73. The molecule has 0 saturated carbocycles. The van der Waals surface area contributed by atoms with Crippen LogP contribution in [0.15, 0.2) is 24.3 Å². The highest BCUT2D eigenvalue weighted by Gasteiger charge is 2.12. The van der Waals surface area contributed by atoms with Crippen LogP contribution >= 0.6 is 33.9 Å². The maximum absolute atomic E-state index is 6.06. The zero-order valence-corrected chi connectivity index (χ0v) is 14.7. The van der Waals surface area contributed by atoms with E-state index in [4.69, 9.17) is 10.5 Å². The minimum atomic E-state index is 0.316. The number of nitrogens with zero attached hydrogens (tertiary/aromatic N) is 2. The maximum Gasteiger partial charge on any atom is 0.169 e. The maximum atomic E-state index is 6.06. The Morgan fingerprint density at radius 2 is 2.10 bits per heavy atom. The summed E-state index contributed by atoms with van der Waals surface area (Å²) in [5, 5.41) is 0.968. The van der Waals surface area contributed by atoms with E-state index in [1.807, 2.05) is 24.3 Å². The Morgan fingerprint density at radius 1 is 1.29 bits per heavy atom. The molecule has 0 amide bonds. The molecule has 0 atom stereocenters. The first-order valence-corrected chi connectivity index (χ1v) is 8.34. The molecule has 0 bridgehead atoms. The Hall–Kier alpha value is -1.41. The number of aryl methyl sites for hydroxylation is 2. The molecular formula is C15H14IN3OS. The molecule has 4 nitrogen and oxygen atoms in total. The van der Waals surface area contributed by atoms with Crippen LogP contribution in [0.1, 0.15) is 16.3 Å². The molecule has 2 N–H and O–H groups in total. The van der Waals surface area contributed by atoms with Gasteiger partial charge in [0.2, 0.25) is 0 Å². The van der Waals surface area contributed by atoms with Gasteiger partial charge in [0, 0.05) is 8.45 Å². The summed E-state index contributed by atoms with van der Waals surface area (Å²) in [6, 6.07) is 7.87. The van der Waals surface area contributed by atoms with Crippen LogP contribution < -0.4 is 10.5 Å². The number of benzene rings is 1. The van der Waals surface area contributed by atoms with Gasteiger partial charge in [-0.2, -0.15) is 0 Å². The average Bonchev–Trinajstić information content (AvgIpc) is 2.72. The second kappa shape index (κ2) is 5.76. The van der Waals surface area contributed by atoms with Crippen LogP contribution in [0.2, 0.25) is 0 Å². The first kappa shape index (κ1) is 14.5. The Labute approximate surface area is 140 Å². The molecule has 0 aliphatic heterocycles. The van der Waals surface area contributed by atoms with Crippen LogP contribution in [0.25, 0.3) is 10.2 Å². The number of nitrogen functional groups attached to an aromatic ring is 1. The number of anilines is 1. The first-order valence-electron chi connectivity index (χ1n) is 6.45. The molecular weight excluding hydrogens is 397 g/mol. The summed E-state index contributed by atoms with van der Waals surface area (Å²) in [4.78, 5) is 11.1. The van der Waals surface area contributed by atoms with Crippen molar-refractivity contribution < 1.29 is 4.74 Å². The number of ether oxygens (including phenoxy) is 1. The smallest absolute Gasteiger partial charge is 0.169 e. The molecule has 0 spiro atoms. The molecule has 0 saturated heterocycles. The highest BCUT2D eigenvalue weighted by molar-refractivity contribution is 14.1. The van der Waals surface area contributed by atoms with Crippen LogP contribution in [-0.2, 0) is 6.61 Å². The Morgan fingerprint density at radius 3 is 2.86 bits per heavy atom. The lowest BCUT2D eigenvalue weighted by Crippen LogP contribution is -2.04. The standard InChI is InChI=1S/C15H14IN3OS/c1-8-9(2)21-15-13(8)14(17)18-12(19-15)7-20-11-5-3-4-10(16)6-11/h3-6H,7H2,1-2H3,(H2,17,18,19). The van der Waals surface area contributed by atoms with E-state index in [1.54, 1.807) is 11.3 Å². The third kappa shape index (κ3) is 2.96. The van der Waals surface area contributed by atoms with Crippen molar-refractivity contribution in [1.29, 1.82) is 0 Å². The third-order valence-corrected chi connectivity index (χ3v) is 5.04. The molecule has 1 aromatic carbocycles. The van der Waals surface area contributed by atoms with Crippen LogP contribution in [0.3, 0.4) is 0 Å². The average molecular weight is 411 g/mol. The highest BCUT2D eigenvalue weighted by atomic mass is 127. The Kier molecular flexibility index (Phi) is 3.99. The van der Waals surface area contributed by atoms with E-state index in [2.05, 4.69) is 46.4 Å². The highest BCUT2D eigenvalue weighted by Crippen LogP contribution is 2.31. The molecule has 0 fully saturated rings. The number of hydrogen-bond donors (Lipinski definition) is 1. The van der Waals surface area contributed by atoms with Crippen LogP contribution in [0.4, 0.5) is 5.82 Å². The largest absolute Gasteiger partial charge is 0.486 e. The SMILES string of the molecule is Cc1sc2nc(COc3cccc(I)c3)nc(N)c2c1C. The number of rotatable bonds is 3. The van der Waals surface area contributed by atoms with Gasteiger partial charge in [-0.05, 0) is 60.2 Å². The fourth-order valence-electron chi connectivity index (χ4n) is 2.10. The molecule has 108 valence electrons. The number of fused-ring (bicyclic) bond motifs is 1. The van der Waals surface area contributed by atoms with Crippen molar-refractivity contribution in [1.82, 2.24) is 9.97 Å². The predicted molar refractivity (Wildman–Crippen MR) is 94.8 cm³/mol. The molecule has 6 heteroatoms. The van der Waals surface area contributed by atoms with Gasteiger partial charge in [-0.1, -0.05) is 6.07 Å². The van der Waals surface area contributed by atoms with Crippen molar-refractivity contribution in [2.75, 3.05) is 5.73 Å². The first-order chi connectivity index (χ1) is 10.0. The summed E-state index contributed by atoms with van der Waals surface area (Å²) < 4.78 is 6.86. The van der Waals surface area contributed by atoms with Crippen LogP contribution in [-0.4, -0.2) is 9.97 Å². The minimum Gasteiger partial charge on any atom is -0.486 e. The van der Waals surface area contributed by atoms with Gasteiger partial charge in [-0.25, -0.2) is 9.97 Å². The van der Waals surface area contributed by atoms with E-state index in [9.17, 15) is 0 Å². The summed E-state index contributed by atoms with van der Waals surface area (Å²) in [5.74, 6) is 1.95. The molecule has 0 aliphatic carbocycles. The number of nitrogens with two attached hydrogens (primary N) is 1. The summed E-state index contributed by atoms with van der Waals surface area (Å²) in [6.45, 7) is 4.44. The molecule has 0 unspecified atom stereocenters. The Bertz CT molecular complexity index is 816. The van der Waals surface area contributed by atoms with Gasteiger partial charge >= 0.3 is 0 Å². The number of hydrogen-bond acceptors (Lipinski definition) is 5. The lowest BCUT2D eigenvalue weighted by Gasteiger charge is -2.06. The van der Waals surface area contributed by atoms with Crippen molar-refractivity contribution in [3.8, 4) is 5.75 Å². The van der Waals surface area contributed by atoms with E-state index in [0.29, 0.717) is 18.2 Å². The zero-order chi connectivity index (χ0) is 15.0. The topological polar surface area (TPSA) is 61.0 Å². The van der Waals surface area contributed by atoms with Crippen molar-refractivity contribution in [3.05, 3.63) is 44.1 Å². The third-order valence-electron chi connectivity index (χ3n) is 3.27. The van der Waals surface area contributed by atoms with Gasteiger partial charge in [0.1, 0.15) is 23.0 Å². The van der Waals surface area contributed by atoms with Gasteiger partial charge in [-0.15, -0.1) is 11.3 Å². The van der Waals surface area contributed by atoms with E-state index in [1.165, 1.54) is 4.88 Å². The Balaban J connectivity index is 1.88. The predicted octanol–water partition coefficient (Wildman–Crippen LogP) is 4.07. The van der Waals surface area contributed by atoms with Gasteiger partial charge < -0.3 is 10.5 Å². The molecule has 3 rings (SSSR count). The van der Waals surface area contributed by atoms with E-state index in [-0.39, 0.29) is 0 Å². The van der Waals surface area contributed by atoms with E-state index < -0.39 is 0 Å². The van der Waals surface area contributed by atoms with Crippen LogP contribution in [0.5, 0.6) is 5.75 Å². The van der Waals surface area contributed by atoms with Crippen LogP contribution in [0, 0.1) is 17.4 Å². The fourth-order valence-corrected chi connectivity index (χ4v) is 3.67. The molecule has 0 aliphatic rings. The molecule has 0 radical (unpaired) electrons. The van der Waals surface area contributed by atoms with Gasteiger partial charge in [0.05, 0.1) is 5.39 Å². The summed E-state index contributed by atoms with van der Waals surface area (Å²) in [5.41, 5.74) is 7.23. The lowest BCUT2D eigenvalue weighted by molar-refractivity contribution is 0.296. The molecule has 2 heterocycles. The van der Waals surface area contributed by atoms with Crippen molar-refractivity contribution in [2.45, 2.75) is 20.5 Å².